The molecule has 17 heavy (non-hydrogen) atoms. The highest BCUT2D eigenvalue weighted by molar-refractivity contribution is 5.39. The Kier molecular flexibility index (Phi) is 4.52. The molecular formula is C14H25N3. The molecule has 0 unspecified atom stereocenters. The standard InChI is InChI=1S/C14H25N3/c1-10(2)12-7-11(8-13(15-6)17-12)9-16-14(3,4)5/h7-8,10,16H,9H2,1-6H3,(H,15,17). The van der Waals surface area contributed by atoms with Gasteiger partial charge in [0.05, 0.1) is 0 Å². The third-order valence-corrected chi connectivity index (χ3v) is 2.58. The summed E-state index contributed by atoms with van der Waals surface area (Å²) in [6, 6.07) is 4.29. The molecule has 0 aliphatic heterocycles. The van der Waals surface area contributed by atoms with Crippen LogP contribution in [0.25, 0.3) is 0 Å². The molecule has 0 bridgehead atoms. The number of aromatic nitrogens is 1. The van der Waals surface area contributed by atoms with Crippen LogP contribution >= 0.6 is 0 Å². The highest BCUT2D eigenvalue weighted by Crippen LogP contribution is 2.17. The van der Waals surface area contributed by atoms with Crippen LogP contribution in [0.2, 0.25) is 0 Å². The molecule has 0 spiro atoms. The van der Waals surface area contributed by atoms with Crippen molar-refractivity contribution in [3.8, 4) is 0 Å². The Morgan fingerprint density at radius 3 is 2.35 bits per heavy atom. The van der Waals surface area contributed by atoms with E-state index < -0.39 is 0 Å². The fourth-order valence-electron chi connectivity index (χ4n) is 1.50. The molecule has 0 atom stereocenters. The first-order valence-electron chi connectivity index (χ1n) is 6.25. The minimum absolute atomic E-state index is 0.140. The number of anilines is 1. The van der Waals surface area contributed by atoms with Crippen LogP contribution < -0.4 is 10.6 Å². The summed E-state index contributed by atoms with van der Waals surface area (Å²) in [5.74, 6) is 1.40. The minimum Gasteiger partial charge on any atom is -0.373 e. The van der Waals surface area contributed by atoms with Crippen molar-refractivity contribution < 1.29 is 0 Å². The zero-order chi connectivity index (χ0) is 13.1. The van der Waals surface area contributed by atoms with Gasteiger partial charge in [-0.15, -0.1) is 0 Å². The molecule has 1 aromatic heterocycles. The van der Waals surface area contributed by atoms with Gasteiger partial charge in [0.2, 0.25) is 0 Å². The second kappa shape index (κ2) is 5.50. The molecular weight excluding hydrogens is 210 g/mol. The van der Waals surface area contributed by atoms with Gasteiger partial charge in [0, 0.05) is 24.8 Å². The van der Waals surface area contributed by atoms with Crippen molar-refractivity contribution in [2.75, 3.05) is 12.4 Å². The van der Waals surface area contributed by atoms with Gasteiger partial charge < -0.3 is 10.6 Å². The van der Waals surface area contributed by atoms with E-state index in [1.54, 1.807) is 0 Å². The largest absolute Gasteiger partial charge is 0.373 e. The highest BCUT2D eigenvalue weighted by atomic mass is 15.0. The van der Waals surface area contributed by atoms with E-state index in [1.807, 2.05) is 7.05 Å². The second-order valence-electron chi connectivity index (χ2n) is 5.79. The third-order valence-electron chi connectivity index (χ3n) is 2.58. The monoisotopic (exact) mass is 235 g/mol. The van der Waals surface area contributed by atoms with Crippen molar-refractivity contribution in [3.05, 3.63) is 23.4 Å². The van der Waals surface area contributed by atoms with E-state index in [-0.39, 0.29) is 5.54 Å². The van der Waals surface area contributed by atoms with Crippen molar-refractivity contribution in [1.82, 2.24) is 10.3 Å². The molecule has 0 saturated heterocycles. The van der Waals surface area contributed by atoms with Crippen LogP contribution in [-0.2, 0) is 6.54 Å². The summed E-state index contributed by atoms with van der Waals surface area (Å²) >= 11 is 0. The van der Waals surface area contributed by atoms with Gasteiger partial charge in [0.1, 0.15) is 5.82 Å². The lowest BCUT2D eigenvalue weighted by Crippen LogP contribution is -2.35. The predicted octanol–water partition coefficient (Wildman–Crippen LogP) is 3.13. The Hall–Kier alpha value is -1.09. The maximum Gasteiger partial charge on any atom is 0.126 e. The molecule has 1 heterocycles. The van der Waals surface area contributed by atoms with Gasteiger partial charge in [-0.05, 0) is 44.4 Å². The van der Waals surface area contributed by atoms with Crippen LogP contribution in [0.5, 0.6) is 0 Å². The average Bonchev–Trinajstić information content (AvgIpc) is 2.25. The second-order valence-corrected chi connectivity index (χ2v) is 5.79. The van der Waals surface area contributed by atoms with Gasteiger partial charge in [-0.25, -0.2) is 4.98 Å². The van der Waals surface area contributed by atoms with E-state index in [0.717, 1.165) is 18.1 Å². The van der Waals surface area contributed by atoms with Crippen molar-refractivity contribution >= 4 is 5.82 Å². The van der Waals surface area contributed by atoms with Crippen molar-refractivity contribution in [1.29, 1.82) is 0 Å². The molecule has 1 aromatic rings. The van der Waals surface area contributed by atoms with Crippen LogP contribution in [0, 0.1) is 0 Å². The molecule has 0 saturated carbocycles. The fourth-order valence-corrected chi connectivity index (χ4v) is 1.50. The van der Waals surface area contributed by atoms with Crippen LogP contribution in [0.4, 0.5) is 5.82 Å². The van der Waals surface area contributed by atoms with Gasteiger partial charge in [-0.2, -0.15) is 0 Å². The summed E-state index contributed by atoms with van der Waals surface area (Å²) in [7, 11) is 1.91. The first kappa shape index (κ1) is 14.0. The predicted molar refractivity (Wildman–Crippen MR) is 74.5 cm³/mol. The first-order valence-corrected chi connectivity index (χ1v) is 6.25. The molecule has 0 radical (unpaired) electrons. The Bertz CT molecular complexity index is 364. The normalized spacial score (nSPS) is 11.9. The summed E-state index contributed by atoms with van der Waals surface area (Å²) in [6.45, 7) is 11.7. The maximum atomic E-state index is 4.56. The van der Waals surface area contributed by atoms with Gasteiger partial charge in [-0.1, -0.05) is 13.8 Å². The average molecular weight is 235 g/mol. The quantitative estimate of drug-likeness (QED) is 0.842. The van der Waals surface area contributed by atoms with Crippen LogP contribution in [-0.4, -0.2) is 17.6 Å². The lowest BCUT2D eigenvalue weighted by molar-refractivity contribution is 0.424. The van der Waals surface area contributed by atoms with E-state index in [4.69, 9.17) is 0 Å². The van der Waals surface area contributed by atoms with Crippen LogP contribution in [0.3, 0.4) is 0 Å². The molecule has 0 aromatic carbocycles. The summed E-state index contributed by atoms with van der Waals surface area (Å²) in [5.41, 5.74) is 2.56. The first-order chi connectivity index (χ1) is 7.81. The van der Waals surface area contributed by atoms with Gasteiger partial charge in [-0.3, -0.25) is 0 Å². The number of pyridine rings is 1. The molecule has 0 aliphatic carbocycles. The van der Waals surface area contributed by atoms with E-state index in [2.05, 4.69) is 62.4 Å². The number of nitrogens with zero attached hydrogens (tertiary/aromatic N) is 1. The molecule has 2 N–H and O–H groups in total. The lowest BCUT2D eigenvalue weighted by atomic mass is 10.1. The molecule has 0 aliphatic rings. The third kappa shape index (κ3) is 4.73. The number of hydrogen-bond acceptors (Lipinski definition) is 3. The highest BCUT2D eigenvalue weighted by Gasteiger charge is 2.10. The zero-order valence-corrected chi connectivity index (χ0v) is 11.9. The van der Waals surface area contributed by atoms with Gasteiger partial charge in [0.15, 0.2) is 0 Å². The van der Waals surface area contributed by atoms with Crippen LogP contribution in [0.15, 0.2) is 12.1 Å². The lowest BCUT2D eigenvalue weighted by Gasteiger charge is -2.21. The van der Waals surface area contributed by atoms with E-state index in [9.17, 15) is 0 Å². The zero-order valence-electron chi connectivity index (χ0n) is 11.9. The number of hydrogen-bond donors (Lipinski definition) is 2. The summed E-state index contributed by atoms with van der Waals surface area (Å²) in [4.78, 5) is 4.56. The van der Waals surface area contributed by atoms with Crippen molar-refractivity contribution in [2.45, 2.75) is 52.6 Å². The topological polar surface area (TPSA) is 37.0 Å². The molecule has 0 fully saturated rings. The molecule has 0 amide bonds. The Morgan fingerprint density at radius 1 is 1.24 bits per heavy atom. The molecule has 1 rings (SSSR count). The van der Waals surface area contributed by atoms with Gasteiger partial charge >= 0.3 is 0 Å². The Labute approximate surface area is 105 Å². The number of nitrogens with one attached hydrogen (secondary N) is 2. The molecule has 3 nitrogen and oxygen atoms in total. The summed E-state index contributed by atoms with van der Waals surface area (Å²) < 4.78 is 0. The Balaban J connectivity index is 2.87. The van der Waals surface area contributed by atoms with E-state index in [1.165, 1.54) is 5.56 Å². The van der Waals surface area contributed by atoms with Crippen LogP contribution in [0.1, 0.15) is 51.8 Å². The summed E-state index contributed by atoms with van der Waals surface area (Å²) in [5, 5.41) is 6.62. The van der Waals surface area contributed by atoms with E-state index >= 15 is 0 Å². The Morgan fingerprint density at radius 2 is 1.88 bits per heavy atom. The molecule has 96 valence electrons. The molecule has 3 heteroatoms. The van der Waals surface area contributed by atoms with Crippen molar-refractivity contribution in [2.24, 2.45) is 0 Å². The van der Waals surface area contributed by atoms with E-state index in [0.29, 0.717) is 5.92 Å². The fraction of sp³-hybridized carbons (Fsp3) is 0.643. The smallest absolute Gasteiger partial charge is 0.126 e. The summed E-state index contributed by atoms with van der Waals surface area (Å²) in [6.07, 6.45) is 0. The minimum atomic E-state index is 0.140. The maximum absolute atomic E-state index is 4.56. The number of rotatable bonds is 4. The van der Waals surface area contributed by atoms with Gasteiger partial charge in [0.25, 0.3) is 0 Å². The SMILES string of the molecule is CNc1cc(CNC(C)(C)C)cc(C(C)C)n1. The van der Waals surface area contributed by atoms with Crippen molar-refractivity contribution in [3.63, 3.8) is 0 Å².